The van der Waals surface area contributed by atoms with Gasteiger partial charge >= 0.3 is 0 Å². The van der Waals surface area contributed by atoms with Gasteiger partial charge in [-0.25, -0.2) is 4.68 Å². The van der Waals surface area contributed by atoms with Crippen LogP contribution in [-0.4, -0.2) is 22.5 Å². The molecular formula is C25H18ClN3O3. The number of hydrogen-bond acceptors (Lipinski definition) is 4. The minimum atomic E-state index is -0.184. The predicted molar refractivity (Wildman–Crippen MR) is 122 cm³/mol. The number of carbonyl (C=O) groups excluding carboxylic acids is 1. The van der Waals surface area contributed by atoms with Crippen molar-refractivity contribution in [3.63, 3.8) is 0 Å². The summed E-state index contributed by atoms with van der Waals surface area (Å²) in [5.41, 5.74) is 4.56. The maximum atomic E-state index is 12.8. The molecule has 0 aliphatic carbocycles. The lowest BCUT2D eigenvalue weighted by Gasteiger charge is -2.25. The quantitative estimate of drug-likeness (QED) is 0.460. The molecule has 158 valence electrons. The molecule has 1 atom stereocenters. The van der Waals surface area contributed by atoms with Gasteiger partial charge in [0.15, 0.2) is 11.5 Å². The topological polar surface area (TPSA) is 65.4 Å². The molecular weight excluding hydrogens is 426 g/mol. The van der Waals surface area contributed by atoms with Crippen molar-refractivity contribution in [2.75, 3.05) is 12.1 Å². The number of para-hydroxylation sites is 1. The number of aromatic nitrogens is 2. The van der Waals surface area contributed by atoms with Crippen LogP contribution in [0, 0.1) is 0 Å². The summed E-state index contributed by atoms with van der Waals surface area (Å²) in [4.78, 5) is 12.8. The Morgan fingerprint density at radius 2 is 1.75 bits per heavy atom. The largest absolute Gasteiger partial charge is 0.454 e. The molecule has 0 fully saturated rings. The smallest absolute Gasteiger partial charge is 0.231 e. The van der Waals surface area contributed by atoms with E-state index in [1.807, 2.05) is 72.8 Å². The fraction of sp³-hybridized carbons (Fsp3) is 0.120. The maximum Gasteiger partial charge on any atom is 0.231 e. The van der Waals surface area contributed by atoms with Gasteiger partial charge in [-0.05, 0) is 42.0 Å². The molecule has 3 aromatic carbocycles. The van der Waals surface area contributed by atoms with Crippen LogP contribution in [0.15, 0.2) is 72.8 Å². The average molecular weight is 444 g/mol. The van der Waals surface area contributed by atoms with E-state index in [0.717, 1.165) is 28.1 Å². The van der Waals surface area contributed by atoms with Gasteiger partial charge in [0.1, 0.15) is 5.82 Å². The van der Waals surface area contributed by atoms with Gasteiger partial charge < -0.3 is 14.8 Å². The normalized spacial score (nSPS) is 16.5. The van der Waals surface area contributed by atoms with E-state index in [2.05, 4.69) is 5.32 Å². The molecule has 0 bridgehead atoms. The van der Waals surface area contributed by atoms with E-state index in [9.17, 15) is 4.79 Å². The van der Waals surface area contributed by atoms with Gasteiger partial charge in [0, 0.05) is 28.5 Å². The predicted octanol–water partition coefficient (Wildman–Crippen LogP) is 5.40. The third-order valence-corrected chi connectivity index (χ3v) is 6.09. The van der Waals surface area contributed by atoms with E-state index in [-0.39, 0.29) is 18.6 Å². The van der Waals surface area contributed by atoms with Crippen LogP contribution in [0.3, 0.4) is 0 Å². The van der Waals surface area contributed by atoms with Crippen LogP contribution in [-0.2, 0) is 4.79 Å². The second-order valence-corrected chi connectivity index (χ2v) is 8.22. The molecule has 1 amide bonds. The Morgan fingerprint density at radius 1 is 0.969 bits per heavy atom. The zero-order valence-corrected chi connectivity index (χ0v) is 17.7. The Labute approximate surface area is 189 Å². The number of amides is 1. The molecule has 0 unspecified atom stereocenters. The van der Waals surface area contributed by atoms with E-state index in [4.69, 9.17) is 26.2 Å². The summed E-state index contributed by atoms with van der Waals surface area (Å²) in [6, 6.07) is 23.2. The second-order valence-electron chi connectivity index (χ2n) is 7.78. The summed E-state index contributed by atoms with van der Waals surface area (Å²) in [5, 5.41) is 8.67. The summed E-state index contributed by atoms with van der Waals surface area (Å²) in [7, 11) is 0. The Bertz CT molecular complexity index is 1330. The highest BCUT2D eigenvalue weighted by molar-refractivity contribution is 6.30. The van der Waals surface area contributed by atoms with E-state index in [1.165, 1.54) is 0 Å². The fourth-order valence-corrected chi connectivity index (χ4v) is 4.47. The molecule has 3 heterocycles. The summed E-state index contributed by atoms with van der Waals surface area (Å²) in [5.74, 6) is 1.85. The lowest BCUT2D eigenvalue weighted by molar-refractivity contribution is -0.116. The van der Waals surface area contributed by atoms with E-state index in [0.29, 0.717) is 28.8 Å². The molecule has 2 aliphatic rings. The van der Waals surface area contributed by atoms with Gasteiger partial charge in [-0.15, -0.1) is 0 Å². The lowest BCUT2D eigenvalue weighted by Crippen LogP contribution is -2.24. The molecule has 6 nitrogen and oxygen atoms in total. The Hall–Kier alpha value is -3.77. The second kappa shape index (κ2) is 7.43. The number of anilines is 1. The molecule has 2 aliphatic heterocycles. The van der Waals surface area contributed by atoms with Gasteiger partial charge in [0.25, 0.3) is 0 Å². The van der Waals surface area contributed by atoms with E-state index >= 15 is 0 Å². The number of halogens is 1. The third-order valence-electron chi connectivity index (χ3n) is 5.84. The first-order valence-electron chi connectivity index (χ1n) is 10.3. The van der Waals surface area contributed by atoms with Gasteiger partial charge in [-0.2, -0.15) is 5.10 Å². The van der Waals surface area contributed by atoms with Crippen molar-refractivity contribution in [3.05, 3.63) is 88.9 Å². The van der Waals surface area contributed by atoms with Gasteiger partial charge in [-0.3, -0.25) is 4.79 Å². The number of benzene rings is 3. The molecule has 0 spiro atoms. The maximum absolute atomic E-state index is 12.8. The summed E-state index contributed by atoms with van der Waals surface area (Å²) in [6.07, 6.45) is 0.313. The summed E-state index contributed by atoms with van der Waals surface area (Å²) in [6.45, 7) is 0.206. The van der Waals surface area contributed by atoms with E-state index < -0.39 is 0 Å². The lowest BCUT2D eigenvalue weighted by atomic mass is 9.84. The first kappa shape index (κ1) is 19.0. The van der Waals surface area contributed by atoms with Crippen LogP contribution in [0.2, 0.25) is 5.02 Å². The molecule has 1 N–H and O–H groups in total. The number of fused-ring (bicyclic) bond motifs is 2. The molecule has 0 saturated carbocycles. The number of rotatable bonds is 3. The highest BCUT2D eigenvalue weighted by Gasteiger charge is 2.35. The van der Waals surface area contributed by atoms with Crippen LogP contribution in [0.4, 0.5) is 5.82 Å². The van der Waals surface area contributed by atoms with Crippen molar-refractivity contribution in [1.82, 2.24) is 9.78 Å². The van der Waals surface area contributed by atoms with Gasteiger partial charge in [0.2, 0.25) is 12.7 Å². The van der Waals surface area contributed by atoms with Gasteiger partial charge in [-0.1, -0.05) is 48.0 Å². The molecule has 0 radical (unpaired) electrons. The first-order chi connectivity index (χ1) is 15.7. The molecule has 6 rings (SSSR count). The molecule has 32 heavy (non-hydrogen) atoms. The minimum Gasteiger partial charge on any atom is -0.454 e. The zero-order valence-electron chi connectivity index (χ0n) is 16.9. The molecule has 4 aromatic rings. The van der Waals surface area contributed by atoms with Crippen molar-refractivity contribution < 1.29 is 14.3 Å². The summed E-state index contributed by atoms with van der Waals surface area (Å²) >= 11 is 6.13. The Kier molecular flexibility index (Phi) is 4.40. The fourth-order valence-electron chi connectivity index (χ4n) is 4.34. The first-order valence-corrected chi connectivity index (χ1v) is 10.7. The van der Waals surface area contributed by atoms with E-state index in [1.54, 1.807) is 4.68 Å². The highest BCUT2D eigenvalue weighted by atomic mass is 35.5. The standard InChI is InChI=1S/C25H18ClN3O3/c26-17-9-6-15(7-10-17)24-23-19(16-8-11-20-21(12-16)32-14-31-20)13-22(30)27-25(23)29(28-24)18-4-2-1-3-5-18/h1-12,19H,13-14H2,(H,27,30)/t19-/m1/s1. The Morgan fingerprint density at radius 3 is 2.56 bits per heavy atom. The minimum absolute atomic E-state index is 0.0556. The van der Waals surface area contributed by atoms with Crippen molar-refractivity contribution >= 4 is 23.3 Å². The van der Waals surface area contributed by atoms with Gasteiger partial charge in [0.05, 0.1) is 11.4 Å². The highest BCUT2D eigenvalue weighted by Crippen LogP contribution is 2.46. The van der Waals surface area contributed by atoms with Crippen LogP contribution >= 0.6 is 11.6 Å². The van der Waals surface area contributed by atoms with Crippen molar-refractivity contribution in [1.29, 1.82) is 0 Å². The summed E-state index contributed by atoms with van der Waals surface area (Å²) < 4.78 is 12.9. The SMILES string of the molecule is O=C1C[C@H](c2ccc3c(c2)OCO3)c2c(-c3ccc(Cl)cc3)nn(-c3ccccc3)c2N1. The number of nitrogens with one attached hydrogen (secondary N) is 1. The average Bonchev–Trinajstić information content (AvgIpc) is 3.44. The monoisotopic (exact) mass is 443 g/mol. The molecule has 0 saturated heterocycles. The van der Waals surface area contributed by atoms with Crippen LogP contribution in [0.25, 0.3) is 16.9 Å². The number of ether oxygens (including phenoxy) is 2. The third kappa shape index (κ3) is 3.11. The molecule has 1 aromatic heterocycles. The van der Waals surface area contributed by atoms with Crippen molar-refractivity contribution in [2.24, 2.45) is 0 Å². The molecule has 7 heteroatoms. The van der Waals surface area contributed by atoms with Crippen LogP contribution < -0.4 is 14.8 Å². The van der Waals surface area contributed by atoms with Crippen molar-refractivity contribution in [3.8, 4) is 28.4 Å². The van der Waals surface area contributed by atoms with Crippen LogP contribution in [0.5, 0.6) is 11.5 Å². The number of hydrogen-bond donors (Lipinski definition) is 1. The Balaban J connectivity index is 1.58. The number of carbonyl (C=O) groups is 1. The zero-order chi connectivity index (χ0) is 21.7. The van der Waals surface area contributed by atoms with Crippen molar-refractivity contribution in [2.45, 2.75) is 12.3 Å². The number of nitrogens with zero attached hydrogens (tertiary/aromatic N) is 2. The van der Waals surface area contributed by atoms with Crippen LogP contribution in [0.1, 0.15) is 23.5 Å².